The van der Waals surface area contributed by atoms with Crippen LogP contribution in [0.15, 0.2) is 28.7 Å². The third-order valence-corrected chi connectivity index (χ3v) is 2.78. The smallest absolute Gasteiger partial charge is 0.247 e. The fourth-order valence-corrected chi connectivity index (χ4v) is 1.93. The second-order valence-electron chi connectivity index (χ2n) is 4.07. The Labute approximate surface area is 98.6 Å². The van der Waals surface area contributed by atoms with Gasteiger partial charge in [0, 0.05) is 17.9 Å². The van der Waals surface area contributed by atoms with Gasteiger partial charge in [0.05, 0.1) is 0 Å². The first-order chi connectivity index (χ1) is 8.33. The number of aromatic nitrogens is 2. The van der Waals surface area contributed by atoms with E-state index < -0.39 is 0 Å². The fourth-order valence-electron chi connectivity index (χ4n) is 1.93. The number of nitrogen functional groups attached to an aromatic ring is 1. The number of benzene rings is 1. The molecule has 1 atom stereocenters. The van der Waals surface area contributed by atoms with E-state index in [1.54, 1.807) is 0 Å². The van der Waals surface area contributed by atoms with E-state index in [4.69, 9.17) is 14.9 Å². The average Bonchev–Trinajstić information content (AvgIpc) is 3.00. The van der Waals surface area contributed by atoms with Crippen molar-refractivity contribution in [3.63, 3.8) is 0 Å². The minimum Gasteiger partial charge on any atom is -0.418 e. The molecule has 0 spiro atoms. The van der Waals surface area contributed by atoms with Crippen molar-refractivity contribution in [3.8, 4) is 11.5 Å². The predicted octanol–water partition coefficient (Wildman–Crippen LogP) is 2.17. The summed E-state index contributed by atoms with van der Waals surface area (Å²) >= 11 is 0. The number of hydrogen-bond donors (Lipinski definition) is 1. The Kier molecular flexibility index (Phi) is 2.53. The lowest BCUT2D eigenvalue weighted by Crippen LogP contribution is -1.95. The molecule has 1 aromatic carbocycles. The van der Waals surface area contributed by atoms with Crippen LogP contribution in [-0.2, 0) is 4.74 Å². The second-order valence-corrected chi connectivity index (χ2v) is 4.07. The van der Waals surface area contributed by atoms with E-state index in [2.05, 4.69) is 10.2 Å². The molecule has 5 heteroatoms. The number of ether oxygens (including phenoxy) is 1. The van der Waals surface area contributed by atoms with Gasteiger partial charge >= 0.3 is 0 Å². The highest BCUT2D eigenvalue weighted by Crippen LogP contribution is 2.29. The van der Waals surface area contributed by atoms with Crippen LogP contribution in [0.3, 0.4) is 0 Å². The molecule has 0 amide bonds. The van der Waals surface area contributed by atoms with Crippen LogP contribution in [0, 0.1) is 0 Å². The molecule has 0 unspecified atom stereocenters. The minimum absolute atomic E-state index is 0.0442. The molecule has 1 saturated heterocycles. The molecule has 2 heterocycles. The van der Waals surface area contributed by atoms with Crippen molar-refractivity contribution in [2.24, 2.45) is 0 Å². The van der Waals surface area contributed by atoms with E-state index in [0.29, 0.717) is 17.5 Å². The summed E-state index contributed by atoms with van der Waals surface area (Å²) in [6, 6.07) is 7.39. The fraction of sp³-hybridized carbons (Fsp3) is 0.333. The van der Waals surface area contributed by atoms with Crippen molar-refractivity contribution in [2.75, 3.05) is 12.3 Å². The molecule has 88 valence electrons. The first kappa shape index (κ1) is 10.3. The lowest BCUT2D eigenvalue weighted by atomic mass is 10.2. The van der Waals surface area contributed by atoms with Crippen LogP contribution in [0.1, 0.15) is 24.8 Å². The zero-order valence-corrected chi connectivity index (χ0v) is 9.30. The number of anilines is 1. The van der Waals surface area contributed by atoms with Crippen LogP contribution in [0.5, 0.6) is 0 Å². The molecule has 2 aromatic rings. The van der Waals surface area contributed by atoms with E-state index in [0.717, 1.165) is 25.0 Å². The van der Waals surface area contributed by atoms with Gasteiger partial charge in [-0.15, -0.1) is 10.2 Å². The Balaban J connectivity index is 1.89. The van der Waals surface area contributed by atoms with Crippen LogP contribution >= 0.6 is 0 Å². The highest BCUT2D eigenvalue weighted by atomic mass is 16.5. The highest BCUT2D eigenvalue weighted by Gasteiger charge is 2.23. The topological polar surface area (TPSA) is 74.2 Å². The maximum absolute atomic E-state index is 5.71. The molecule has 0 radical (unpaired) electrons. The number of nitrogens with zero attached hydrogens (tertiary/aromatic N) is 2. The first-order valence-electron chi connectivity index (χ1n) is 5.64. The van der Waals surface area contributed by atoms with Crippen LogP contribution in [-0.4, -0.2) is 16.8 Å². The Morgan fingerprint density at radius 3 is 3.00 bits per heavy atom. The summed E-state index contributed by atoms with van der Waals surface area (Å²) in [4.78, 5) is 0. The molecule has 0 aliphatic carbocycles. The maximum Gasteiger partial charge on any atom is 0.247 e. The van der Waals surface area contributed by atoms with Gasteiger partial charge in [0.1, 0.15) is 6.10 Å². The summed E-state index contributed by atoms with van der Waals surface area (Å²) in [6.07, 6.45) is 1.94. The molecule has 1 aliphatic heterocycles. The van der Waals surface area contributed by atoms with E-state index >= 15 is 0 Å². The number of hydrogen-bond acceptors (Lipinski definition) is 5. The molecule has 1 fully saturated rings. The third-order valence-electron chi connectivity index (χ3n) is 2.78. The van der Waals surface area contributed by atoms with Gasteiger partial charge in [-0.25, -0.2) is 0 Å². The molecular weight excluding hydrogens is 218 g/mol. The van der Waals surface area contributed by atoms with Gasteiger partial charge in [-0.2, -0.15) is 0 Å². The molecule has 17 heavy (non-hydrogen) atoms. The summed E-state index contributed by atoms with van der Waals surface area (Å²) < 4.78 is 11.1. The third kappa shape index (κ3) is 2.01. The van der Waals surface area contributed by atoms with Gasteiger partial charge in [-0.1, -0.05) is 6.07 Å². The number of nitrogens with two attached hydrogens (primary N) is 1. The SMILES string of the molecule is Nc1cccc(-c2nnc([C@@H]3CCCO3)o2)c1. The molecule has 1 aromatic heterocycles. The Hall–Kier alpha value is -1.88. The molecule has 1 aliphatic rings. The zero-order chi connectivity index (χ0) is 11.7. The van der Waals surface area contributed by atoms with Crippen LogP contribution in [0.25, 0.3) is 11.5 Å². The monoisotopic (exact) mass is 231 g/mol. The zero-order valence-electron chi connectivity index (χ0n) is 9.30. The summed E-state index contributed by atoms with van der Waals surface area (Å²) in [6.45, 7) is 0.765. The largest absolute Gasteiger partial charge is 0.418 e. The van der Waals surface area contributed by atoms with Gasteiger partial charge in [0.2, 0.25) is 11.8 Å². The van der Waals surface area contributed by atoms with Crippen molar-refractivity contribution in [3.05, 3.63) is 30.2 Å². The Morgan fingerprint density at radius 2 is 2.24 bits per heavy atom. The van der Waals surface area contributed by atoms with Crippen LogP contribution in [0.2, 0.25) is 0 Å². The lowest BCUT2D eigenvalue weighted by Gasteiger charge is -2.01. The molecular formula is C12H13N3O2. The van der Waals surface area contributed by atoms with Crippen molar-refractivity contribution in [1.29, 1.82) is 0 Å². The van der Waals surface area contributed by atoms with Gasteiger partial charge in [-0.3, -0.25) is 0 Å². The van der Waals surface area contributed by atoms with E-state index in [1.807, 2.05) is 24.3 Å². The van der Waals surface area contributed by atoms with Gasteiger partial charge in [-0.05, 0) is 31.0 Å². The standard InChI is InChI=1S/C12H13N3O2/c13-9-4-1-3-8(7-9)11-14-15-12(17-11)10-5-2-6-16-10/h1,3-4,7,10H,2,5-6,13H2/t10-/m0/s1. The van der Waals surface area contributed by atoms with Gasteiger partial charge in [0.25, 0.3) is 0 Å². The number of rotatable bonds is 2. The van der Waals surface area contributed by atoms with Crippen molar-refractivity contribution in [2.45, 2.75) is 18.9 Å². The molecule has 5 nitrogen and oxygen atoms in total. The van der Waals surface area contributed by atoms with Gasteiger partial charge < -0.3 is 14.9 Å². The first-order valence-corrected chi connectivity index (χ1v) is 5.64. The molecule has 0 bridgehead atoms. The maximum atomic E-state index is 5.71. The summed E-state index contributed by atoms with van der Waals surface area (Å²) in [5.74, 6) is 1.04. The van der Waals surface area contributed by atoms with Crippen LogP contribution in [0.4, 0.5) is 5.69 Å². The summed E-state index contributed by atoms with van der Waals surface area (Å²) in [7, 11) is 0. The Bertz CT molecular complexity index is 518. The molecule has 3 rings (SSSR count). The van der Waals surface area contributed by atoms with Crippen molar-refractivity contribution < 1.29 is 9.15 Å². The quantitative estimate of drug-likeness (QED) is 0.802. The summed E-state index contributed by atoms with van der Waals surface area (Å²) in [5, 5.41) is 8.04. The van der Waals surface area contributed by atoms with Crippen LogP contribution < -0.4 is 5.73 Å². The second kappa shape index (κ2) is 4.18. The Morgan fingerprint density at radius 1 is 1.29 bits per heavy atom. The van der Waals surface area contributed by atoms with Crippen molar-refractivity contribution in [1.82, 2.24) is 10.2 Å². The van der Waals surface area contributed by atoms with Gasteiger partial charge in [0.15, 0.2) is 0 Å². The minimum atomic E-state index is -0.0442. The summed E-state index contributed by atoms with van der Waals surface area (Å²) in [5.41, 5.74) is 7.23. The highest BCUT2D eigenvalue weighted by molar-refractivity contribution is 5.59. The van der Waals surface area contributed by atoms with E-state index in [1.165, 1.54) is 0 Å². The van der Waals surface area contributed by atoms with E-state index in [9.17, 15) is 0 Å². The predicted molar refractivity (Wildman–Crippen MR) is 62.1 cm³/mol. The lowest BCUT2D eigenvalue weighted by molar-refractivity contribution is 0.0896. The average molecular weight is 231 g/mol. The van der Waals surface area contributed by atoms with E-state index in [-0.39, 0.29) is 6.10 Å². The molecule has 0 saturated carbocycles. The normalized spacial score (nSPS) is 19.6. The van der Waals surface area contributed by atoms with Crippen molar-refractivity contribution >= 4 is 5.69 Å². The molecule has 2 N–H and O–H groups in total.